The quantitative estimate of drug-likeness (QED) is 0.601. The molecule has 1 fully saturated rings. The Morgan fingerprint density at radius 1 is 1.50 bits per heavy atom. The van der Waals surface area contributed by atoms with Crippen molar-refractivity contribution in [2.75, 3.05) is 0 Å². The molecular weight excluding hydrogens is 272 g/mol. The van der Waals surface area contributed by atoms with Crippen molar-refractivity contribution in [3.8, 4) is 0 Å². The van der Waals surface area contributed by atoms with Crippen LogP contribution in [0.25, 0.3) is 0 Å². The molecule has 2 aliphatic rings. The van der Waals surface area contributed by atoms with Gasteiger partial charge in [-0.05, 0) is 63.4 Å². The van der Waals surface area contributed by atoms with Gasteiger partial charge in [-0.25, -0.2) is 0 Å². The predicted molar refractivity (Wildman–Crippen MR) is 91.4 cm³/mol. The molecule has 0 amide bonds. The minimum absolute atomic E-state index is 0.00259. The summed E-state index contributed by atoms with van der Waals surface area (Å²) < 4.78 is 0. The molecule has 0 heterocycles. The SMILES string of the molecule is C=C1CCC(C(C)CCC=C(C)C)C2C(C=O)=CCC1C2O. The number of carbonyl (C=O) groups excluding carboxylic acids is 1. The molecule has 2 rings (SSSR count). The molecule has 0 aromatic carbocycles. The molecule has 2 nitrogen and oxygen atoms in total. The Hall–Kier alpha value is -1.15. The largest absolute Gasteiger partial charge is 0.392 e. The first-order chi connectivity index (χ1) is 10.5. The van der Waals surface area contributed by atoms with Crippen molar-refractivity contribution in [2.45, 2.75) is 59.0 Å². The molecule has 2 heteroatoms. The maximum absolute atomic E-state index is 11.5. The van der Waals surface area contributed by atoms with Crippen LogP contribution in [0.1, 0.15) is 52.9 Å². The van der Waals surface area contributed by atoms with Gasteiger partial charge in [0.05, 0.1) is 6.10 Å². The molecule has 1 N–H and O–H groups in total. The van der Waals surface area contributed by atoms with E-state index in [9.17, 15) is 9.90 Å². The summed E-state index contributed by atoms with van der Waals surface area (Å²) in [6.07, 6.45) is 9.83. The second-order valence-corrected chi connectivity index (χ2v) is 7.38. The average molecular weight is 302 g/mol. The Balaban J connectivity index is 2.19. The molecule has 5 unspecified atom stereocenters. The van der Waals surface area contributed by atoms with Crippen LogP contribution in [0.2, 0.25) is 0 Å². The summed E-state index contributed by atoms with van der Waals surface area (Å²) in [6, 6.07) is 0. The third kappa shape index (κ3) is 3.60. The lowest BCUT2D eigenvalue weighted by Crippen LogP contribution is -2.39. The van der Waals surface area contributed by atoms with E-state index in [1.165, 1.54) is 5.57 Å². The van der Waals surface area contributed by atoms with Crippen LogP contribution in [0.15, 0.2) is 35.5 Å². The Morgan fingerprint density at radius 3 is 2.86 bits per heavy atom. The van der Waals surface area contributed by atoms with Gasteiger partial charge in [0.15, 0.2) is 0 Å². The standard InChI is InChI=1S/C20H30O2/c1-13(2)6-5-7-14(3)17-10-8-15(4)18-11-9-16(12-21)19(17)20(18)22/h6,9,12,14,17-20,22H,4-5,7-8,10-11H2,1-3H3. The molecule has 0 aliphatic heterocycles. The van der Waals surface area contributed by atoms with E-state index >= 15 is 0 Å². The summed E-state index contributed by atoms with van der Waals surface area (Å²) in [4.78, 5) is 11.5. The van der Waals surface area contributed by atoms with Crippen LogP contribution in [0.4, 0.5) is 0 Å². The number of aldehydes is 1. The number of hydrogen-bond donors (Lipinski definition) is 1. The maximum Gasteiger partial charge on any atom is 0.146 e. The lowest BCUT2D eigenvalue weighted by Gasteiger charge is -2.38. The minimum Gasteiger partial charge on any atom is -0.392 e. The highest BCUT2D eigenvalue weighted by atomic mass is 16.3. The highest BCUT2D eigenvalue weighted by molar-refractivity contribution is 5.74. The fraction of sp³-hybridized carbons (Fsp3) is 0.650. The molecule has 122 valence electrons. The Bertz CT molecular complexity index is 482. The van der Waals surface area contributed by atoms with Crippen LogP contribution < -0.4 is 0 Å². The lowest BCUT2D eigenvalue weighted by atomic mass is 9.69. The highest BCUT2D eigenvalue weighted by Crippen LogP contribution is 2.46. The average Bonchev–Trinajstić information content (AvgIpc) is 2.54. The summed E-state index contributed by atoms with van der Waals surface area (Å²) in [5.41, 5.74) is 3.34. The van der Waals surface area contributed by atoms with E-state index in [-0.39, 0.29) is 11.8 Å². The Labute approximate surface area is 135 Å². The smallest absolute Gasteiger partial charge is 0.146 e. The summed E-state index contributed by atoms with van der Waals surface area (Å²) in [6.45, 7) is 10.7. The van der Waals surface area contributed by atoms with Crippen molar-refractivity contribution >= 4 is 6.29 Å². The van der Waals surface area contributed by atoms with E-state index in [1.54, 1.807) is 0 Å². The van der Waals surface area contributed by atoms with Crippen molar-refractivity contribution in [1.82, 2.24) is 0 Å². The van der Waals surface area contributed by atoms with E-state index in [2.05, 4.69) is 33.4 Å². The van der Waals surface area contributed by atoms with Crippen LogP contribution in [-0.4, -0.2) is 17.5 Å². The second kappa shape index (κ2) is 7.41. The van der Waals surface area contributed by atoms with Gasteiger partial charge in [-0.15, -0.1) is 0 Å². The number of aliphatic hydroxyl groups excluding tert-OH is 1. The molecule has 2 aliphatic carbocycles. The molecule has 0 aromatic rings. The van der Waals surface area contributed by atoms with Crippen LogP contribution in [0.5, 0.6) is 0 Å². The van der Waals surface area contributed by atoms with Gasteiger partial charge in [0.25, 0.3) is 0 Å². The number of carbonyl (C=O) groups is 1. The van der Waals surface area contributed by atoms with Gasteiger partial charge in [0, 0.05) is 11.8 Å². The monoisotopic (exact) mass is 302 g/mol. The van der Waals surface area contributed by atoms with Crippen LogP contribution in [-0.2, 0) is 4.79 Å². The van der Waals surface area contributed by atoms with E-state index in [0.29, 0.717) is 11.8 Å². The molecule has 0 radical (unpaired) electrons. The van der Waals surface area contributed by atoms with Gasteiger partial charge in [-0.3, -0.25) is 4.79 Å². The molecule has 2 bridgehead atoms. The first-order valence-electron chi connectivity index (χ1n) is 8.60. The number of rotatable bonds is 5. The molecular formula is C20H30O2. The number of aliphatic hydroxyl groups is 1. The summed E-state index contributed by atoms with van der Waals surface area (Å²) in [5, 5.41) is 10.8. The number of fused-ring (bicyclic) bond motifs is 2. The van der Waals surface area contributed by atoms with Crippen molar-refractivity contribution < 1.29 is 9.90 Å². The first kappa shape index (κ1) is 17.2. The van der Waals surface area contributed by atoms with E-state index in [0.717, 1.165) is 49.5 Å². The summed E-state index contributed by atoms with van der Waals surface area (Å²) >= 11 is 0. The van der Waals surface area contributed by atoms with E-state index < -0.39 is 6.10 Å². The topological polar surface area (TPSA) is 37.3 Å². The molecule has 1 saturated carbocycles. The fourth-order valence-corrected chi connectivity index (χ4v) is 4.23. The number of hydrogen-bond acceptors (Lipinski definition) is 2. The highest BCUT2D eigenvalue weighted by Gasteiger charge is 2.43. The van der Waals surface area contributed by atoms with Gasteiger partial charge in [-0.1, -0.05) is 36.8 Å². The molecule has 5 atom stereocenters. The molecule has 22 heavy (non-hydrogen) atoms. The van der Waals surface area contributed by atoms with Crippen LogP contribution in [0.3, 0.4) is 0 Å². The Kier molecular flexibility index (Phi) is 5.80. The third-order valence-electron chi connectivity index (χ3n) is 5.60. The number of allylic oxidation sites excluding steroid dienone is 3. The van der Waals surface area contributed by atoms with Crippen molar-refractivity contribution in [2.24, 2.45) is 23.7 Å². The van der Waals surface area contributed by atoms with Crippen molar-refractivity contribution in [3.63, 3.8) is 0 Å². The van der Waals surface area contributed by atoms with Gasteiger partial charge in [0.1, 0.15) is 6.29 Å². The predicted octanol–water partition coefficient (Wildman–Crippen LogP) is 4.46. The van der Waals surface area contributed by atoms with Gasteiger partial charge in [-0.2, -0.15) is 0 Å². The minimum atomic E-state index is -0.434. The normalized spacial score (nSPS) is 32.7. The third-order valence-corrected chi connectivity index (χ3v) is 5.60. The van der Waals surface area contributed by atoms with Gasteiger partial charge < -0.3 is 5.11 Å². The summed E-state index contributed by atoms with van der Waals surface area (Å²) in [5.74, 6) is 1.02. The molecule has 0 saturated heterocycles. The lowest BCUT2D eigenvalue weighted by molar-refractivity contribution is -0.106. The first-order valence-corrected chi connectivity index (χ1v) is 8.60. The van der Waals surface area contributed by atoms with E-state index in [4.69, 9.17) is 0 Å². The Morgan fingerprint density at radius 2 is 2.23 bits per heavy atom. The van der Waals surface area contributed by atoms with Gasteiger partial charge in [0.2, 0.25) is 0 Å². The van der Waals surface area contributed by atoms with Crippen molar-refractivity contribution in [3.05, 3.63) is 35.5 Å². The van der Waals surface area contributed by atoms with Crippen molar-refractivity contribution in [1.29, 1.82) is 0 Å². The second-order valence-electron chi connectivity index (χ2n) is 7.38. The van der Waals surface area contributed by atoms with Crippen LogP contribution >= 0.6 is 0 Å². The van der Waals surface area contributed by atoms with Gasteiger partial charge >= 0.3 is 0 Å². The zero-order valence-electron chi connectivity index (χ0n) is 14.2. The molecule has 0 spiro atoms. The zero-order chi connectivity index (χ0) is 16.3. The fourth-order valence-electron chi connectivity index (χ4n) is 4.23. The van der Waals surface area contributed by atoms with Crippen LogP contribution in [0, 0.1) is 23.7 Å². The zero-order valence-corrected chi connectivity index (χ0v) is 14.2. The molecule has 0 aromatic heterocycles. The van der Waals surface area contributed by atoms with E-state index in [1.807, 2.05) is 6.08 Å². The maximum atomic E-state index is 11.5. The summed E-state index contributed by atoms with van der Waals surface area (Å²) in [7, 11) is 0.